The number of carbonyl (C=O) groups excluding carboxylic acids is 2. The molecular weight excluding hydrogens is 204 g/mol. The second kappa shape index (κ2) is 3.17. The Kier molecular flexibility index (Phi) is 1.80. The number of Topliss-reactive ketones (excluding diaryl/α,β-unsaturated/α-hetero) is 2. The van der Waals surface area contributed by atoms with Gasteiger partial charge in [0, 0.05) is 16.7 Å². The van der Waals surface area contributed by atoms with Crippen molar-refractivity contribution in [3.63, 3.8) is 0 Å². The Bertz CT molecular complexity index is 532. The Balaban J connectivity index is 2.15. The third kappa shape index (κ3) is 1.08. The first-order valence-electron chi connectivity index (χ1n) is 4.98. The lowest BCUT2D eigenvalue weighted by molar-refractivity contribution is 0.0889. The van der Waals surface area contributed by atoms with E-state index >= 15 is 0 Å². The van der Waals surface area contributed by atoms with Gasteiger partial charge in [0.25, 0.3) is 0 Å². The molecule has 1 aliphatic carbocycles. The molecule has 1 aliphatic rings. The van der Waals surface area contributed by atoms with Gasteiger partial charge in [0.15, 0.2) is 11.6 Å². The quantitative estimate of drug-likeness (QED) is 0.682. The highest BCUT2D eigenvalue weighted by Gasteiger charge is 2.39. The molecule has 0 atom stereocenters. The van der Waals surface area contributed by atoms with Gasteiger partial charge in [-0.05, 0) is 6.07 Å². The van der Waals surface area contributed by atoms with Gasteiger partial charge in [-0.25, -0.2) is 0 Å². The Morgan fingerprint density at radius 3 is 2.06 bits per heavy atom. The predicted octanol–water partition coefficient (Wildman–Crippen LogP) is 2.44. The van der Waals surface area contributed by atoms with Gasteiger partial charge in [0.2, 0.25) is 0 Å². The van der Waals surface area contributed by atoms with Crippen LogP contribution in [0.4, 0.5) is 0 Å². The first-order chi connectivity index (χ1) is 7.79. The second-order valence-corrected chi connectivity index (χ2v) is 3.76. The summed E-state index contributed by atoms with van der Waals surface area (Å²) in [6.07, 6.45) is 2.92. The number of ketones is 2. The summed E-state index contributed by atoms with van der Waals surface area (Å²) < 4.78 is 4.92. The Morgan fingerprint density at radius 1 is 0.938 bits per heavy atom. The third-order valence-electron chi connectivity index (χ3n) is 2.86. The van der Waals surface area contributed by atoms with E-state index in [2.05, 4.69) is 0 Å². The lowest BCUT2D eigenvalue weighted by Crippen LogP contribution is -2.11. The van der Waals surface area contributed by atoms with E-state index in [9.17, 15) is 9.59 Å². The van der Waals surface area contributed by atoms with E-state index in [1.807, 2.05) is 0 Å². The zero-order chi connectivity index (χ0) is 11.1. The van der Waals surface area contributed by atoms with Gasteiger partial charge in [-0.2, -0.15) is 0 Å². The zero-order valence-corrected chi connectivity index (χ0v) is 8.34. The maximum absolute atomic E-state index is 12.0. The van der Waals surface area contributed by atoms with Crippen LogP contribution in [0.25, 0.3) is 0 Å². The lowest BCUT2D eigenvalue weighted by atomic mass is 9.97. The SMILES string of the molecule is O=C1c2ccccc2C(=O)C1c1ccoc1. The molecule has 78 valence electrons. The highest BCUT2D eigenvalue weighted by atomic mass is 16.3. The number of rotatable bonds is 1. The summed E-state index contributed by atoms with van der Waals surface area (Å²) >= 11 is 0. The fourth-order valence-electron chi connectivity index (χ4n) is 2.08. The van der Waals surface area contributed by atoms with E-state index in [4.69, 9.17) is 4.42 Å². The summed E-state index contributed by atoms with van der Waals surface area (Å²) in [6.45, 7) is 0. The van der Waals surface area contributed by atoms with Crippen molar-refractivity contribution in [3.8, 4) is 0 Å². The van der Waals surface area contributed by atoms with Gasteiger partial charge in [-0.1, -0.05) is 24.3 Å². The van der Waals surface area contributed by atoms with E-state index in [0.29, 0.717) is 16.7 Å². The molecule has 0 unspecified atom stereocenters. The van der Waals surface area contributed by atoms with E-state index in [1.165, 1.54) is 12.5 Å². The van der Waals surface area contributed by atoms with E-state index in [0.717, 1.165) is 0 Å². The molecule has 1 heterocycles. The van der Waals surface area contributed by atoms with Crippen LogP contribution in [0.2, 0.25) is 0 Å². The Morgan fingerprint density at radius 2 is 1.56 bits per heavy atom. The summed E-state index contributed by atoms with van der Waals surface area (Å²) in [5.41, 5.74) is 1.66. The van der Waals surface area contributed by atoms with Gasteiger partial charge in [-0.15, -0.1) is 0 Å². The van der Waals surface area contributed by atoms with Crippen LogP contribution in [0.3, 0.4) is 0 Å². The number of carbonyl (C=O) groups is 2. The highest BCUT2D eigenvalue weighted by molar-refractivity contribution is 6.29. The average molecular weight is 212 g/mol. The molecule has 0 saturated heterocycles. The van der Waals surface area contributed by atoms with Crippen molar-refractivity contribution in [2.45, 2.75) is 5.92 Å². The molecule has 0 saturated carbocycles. The Labute approximate surface area is 91.7 Å². The van der Waals surface area contributed by atoms with Crippen LogP contribution in [0.1, 0.15) is 32.2 Å². The van der Waals surface area contributed by atoms with Crippen molar-refractivity contribution in [1.82, 2.24) is 0 Å². The maximum Gasteiger partial charge on any atom is 0.178 e. The van der Waals surface area contributed by atoms with Crippen LogP contribution in [-0.4, -0.2) is 11.6 Å². The van der Waals surface area contributed by atoms with E-state index in [-0.39, 0.29) is 11.6 Å². The minimum Gasteiger partial charge on any atom is -0.472 e. The van der Waals surface area contributed by atoms with Crippen molar-refractivity contribution < 1.29 is 14.0 Å². The van der Waals surface area contributed by atoms with Crippen LogP contribution < -0.4 is 0 Å². The standard InChI is InChI=1S/C13H8O3/c14-12-9-3-1-2-4-10(9)13(15)11(12)8-5-6-16-7-8/h1-7,11H. The van der Waals surface area contributed by atoms with Gasteiger partial charge in [0.1, 0.15) is 5.92 Å². The summed E-state index contributed by atoms with van der Waals surface area (Å²) in [4.78, 5) is 24.1. The van der Waals surface area contributed by atoms with Gasteiger partial charge < -0.3 is 4.42 Å². The molecule has 16 heavy (non-hydrogen) atoms. The van der Waals surface area contributed by atoms with Crippen molar-refractivity contribution in [1.29, 1.82) is 0 Å². The van der Waals surface area contributed by atoms with Crippen molar-refractivity contribution in [3.05, 3.63) is 59.5 Å². The molecule has 0 bridgehead atoms. The number of fused-ring (bicyclic) bond motifs is 1. The molecule has 3 rings (SSSR count). The predicted molar refractivity (Wildman–Crippen MR) is 56.6 cm³/mol. The molecule has 3 heteroatoms. The molecule has 1 aromatic heterocycles. The first kappa shape index (κ1) is 9.09. The van der Waals surface area contributed by atoms with Crippen molar-refractivity contribution >= 4 is 11.6 Å². The van der Waals surface area contributed by atoms with Crippen molar-refractivity contribution in [2.24, 2.45) is 0 Å². The smallest absolute Gasteiger partial charge is 0.178 e. The van der Waals surface area contributed by atoms with Crippen LogP contribution in [0, 0.1) is 0 Å². The Hall–Kier alpha value is -2.16. The summed E-state index contributed by atoms with van der Waals surface area (Å²) in [7, 11) is 0. The number of hydrogen-bond donors (Lipinski definition) is 0. The second-order valence-electron chi connectivity index (χ2n) is 3.76. The molecular formula is C13H8O3. The van der Waals surface area contributed by atoms with Crippen LogP contribution >= 0.6 is 0 Å². The summed E-state index contributed by atoms with van der Waals surface area (Å²) in [6, 6.07) is 8.57. The largest absolute Gasteiger partial charge is 0.472 e. The van der Waals surface area contributed by atoms with Gasteiger partial charge in [0.05, 0.1) is 12.5 Å². The minimum atomic E-state index is -0.712. The number of hydrogen-bond acceptors (Lipinski definition) is 3. The number of furan rings is 1. The van der Waals surface area contributed by atoms with Gasteiger partial charge >= 0.3 is 0 Å². The topological polar surface area (TPSA) is 47.3 Å². The highest BCUT2D eigenvalue weighted by Crippen LogP contribution is 2.33. The molecule has 0 N–H and O–H groups in total. The van der Waals surface area contributed by atoms with Crippen LogP contribution in [0.5, 0.6) is 0 Å². The molecule has 0 radical (unpaired) electrons. The van der Waals surface area contributed by atoms with Crippen molar-refractivity contribution in [2.75, 3.05) is 0 Å². The fourth-order valence-corrected chi connectivity index (χ4v) is 2.08. The van der Waals surface area contributed by atoms with Gasteiger partial charge in [-0.3, -0.25) is 9.59 Å². The maximum atomic E-state index is 12.0. The monoisotopic (exact) mass is 212 g/mol. The molecule has 2 aromatic rings. The average Bonchev–Trinajstić information content (AvgIpc) is 2.89. The normalized spacial score (nSPS) is 15.5. The third-order valence-corrected chi connectivity index (χ3v) is 2.86. The minimum absolute atomic E-state index is 0.137. The van der Waals surface area contributed by atoms with Crippen LogP contribution in [-0.2, 0) is 0 Å². The summed E-state index contributed by atoms with van der Waals surface area (Å²) in [5, 5.41) is 0. The fraction of sp³-hybridized carbons (Fsp3) is 0.0769. The molecule has 0 spiro atoms. The van der Waals surface area contributed by atoms with E-state index < -0.39 is 5.92 Å². The first-order valence-corrected chi connectivity index (χ1v) is 4.98. The molecule has 0 aliphatic heterocycles. The lowest BCUT2D eigenvalue weighted by Gasteiger charge is -2.01. The van der Waals surface area contributed by atoms with E-state index in [1.54, 1.807) is 30.3 Å². The molecule has 0 fully saturated rings. The van der Waals surface area contributed by atoms with Crippen LogP contribution in [0.15, 0.2) is 47.3 Å². The molecule has 1 aromatic carbocycles. The zero-order valence-electron chi connectivity index (χ0n) is 8.34. The molecule has 0 amide bonds. The number of benzene rings is 1. The molecule has 3 nitrogen and oxygen atoms in total. The summed E-state index contributed by atoms with van der Waals surface area (Å²) in [5.74, 6) is -0.986.